The molecule has 0 N–H and O–H groups in total. The van der Waals surface area contributed by atoms with Crippen molar-refractivity contribution in [3.8, 4) is 0 Å². The Balaban J connectivity index is 4.06. The second kappa shape index (κ2) is 14.9. The van der Waals surface area contributed by atoms with Crippen molar-refractivity contribution in [2.75, 3.05) is 19.7 Å². The van der Waals surface area contributed by atoms with Crippen LogP contribution in [-0.4, -0.2) is 36.5 Å². The van der Waals surface area contributed by atoms with Gasteiger partial charge in [0.25, 0.3) is 5.91 Å². The maximum Gasteiger partial charge on any atom is 0.303 e. The maximum absolute atomic E-state index is 12.1. The first-order valence-corrected chi connectivity index (χ1v) is 9.02. The predicted molar refractivity (Wildman–Crippen MR) is 90.7 cm³/mol. The minimum atomic E-state index is -0.390. The van der Waals surface area contributed by atoms with Gasteiger partial charge in [-0.3, -0.25) is 9.59 Å². The van der Waals surface area contributed by atoms with Gasteiger partial charge in [-0.2, -0.15) is 0 Å². The average molecular weight is 313 g/mol. The zero-order valence-corrected chi connectivity index (χ0v) is 14.9. The highest BCUT2D eigenvalue weighted by Gasteiger charge is 2.14. The summed E-state index contributed by atoms with van der Waals surface area (Å²) >= 11 is 0. The maximum atomic E-state index is 12.1. The van der Waals surface area contributed by atoms with E-state index in [1.165, 1.54) is 58.3 Å². The fourth-order valence-electron chi connectivity index (χ4n) is 2.43. The molecule has 0 radical (unpaired) electrons. The molecule has 0 fully saturated rings. The van der Waals surface area contributed by atoms with E-state index < -0.39 is 0 Å². The summed E-state index contributed by atoms with van der Waals surface area (Å²) < 4.78 is 4.84. The molecule has 4 heteroatoms. The number of ether oxygens (including phenoxy) is 1. The number of rotatable bonds is 14. The first-order chi connectivity index (χ1) is 10.6. The van der Waals surface area contributed by atoms with Crippen LogP contribution in [0.2, 0.25) is 0 Å². The van der Waals surface area contributed by atoms with E-state index in [9.17, 15) is 9.59 Å². The number of nitrogens with zero attached hydrogens (tertiary/aromatic N) is 1. The third kappa shape index (κ3) is 12.7. The monoisotopic (exact) mass is 313 g/mol. The normalized spacial score (nSPS) is 10.5. The Morgan fingerprint density at radius 3 is 1.64 bits per heavy atom. The van der Waals surface area contributed by atoms with Gasteiger partial charge >= 0.3 is 5.97 Å². The highest BCUT2D eigenvalue weighted by Crippen LogP contribution is 2.08. The van der Waals surface area contributed by atoms with Crippen LogP contribution in [0.15, 0.2) is 0 Å². The largest absolute Gasteiger partial charge is 0.456 e. The molecular formula is C18H35NO3. The van der Waals surface area contributed by atoms with E-state index in [2.05, 4.69) is 13.8 Å². The Labute approximate surface area is 136 Å². The van der Waals surface area contributed by atoms with Gasteiger partial charge in [0.05, 0.1) is 0 Å². The smallest absolute Gasteiger partial charge is 0.303 e. The van der Waals surface area contributed by atoms with Crippen LogP contribution in [0.25, 0.3) is 0 Å². The molecule has 0 rings (SSSR count). The van der Waals surface area contributed by atoms with Crippen LogP contribution in [0.4, 0.5) is 0 Å². The minimum absolute atomic E-state index is 0.0545. The fraction of sp³-hybridized carbons (Fsp3) is 0.889. The third-order valence-electron chi connectivity index (χ3n) is 3.81. The highest BCUT2D eigenvalue weighted by atomic mass is 16.5. The van der Waals surface area contributed by atoms with Crippen LogP contribution in [0.1, 0.15) is 85.0 Å². The summed E-state index contributed by atoms with van der Waals surface area (Å²) in [5.74, 6) is -0.444. The Bertz CT molecular complexity index is 278. The Morgan fingerprint density at radius 2 is 1.23 bits per heavy atom. The minimum Gasteiger partial charge on any atom is -0.456 e. The quantitative estimate of drug-likeness (QED) is 0.354. The van der Waals surface area contributed by atoms with Crippen LogP contribution in [0.3, 0.4) is 0 Å². The van der Waals surface area contributed by atoms with E-state index >= 15 is 0 Å². The van der Waals surface area contributed by atoms with Gasteiger partial charge in [0.1, 0.15) is 0 Å². The lowest BCUT2D eigenvalue weighted by molar-refractivity contribution is -0.150. The number of amides is 1. The van der Waals surface area contributed by atoms with E-state index in [-0.39, 0.29) is 18.5 Å². The summed E-state index contributed by atoms with van der Waals surface area (Å²) in [5, 5.41) is 0. The molecule has 4 nitrogen and oxygen atoms in total. The summed E-state index contributed by atoms with van der Waals surface area (Å²) in [7, 11) is 0. The summed E-state index contributed by atoms with van der Waals surface area (Å²) in [6, 6.07) is 0. The lowest BCUT2D eigenvalue weighted by Gasteiger charge is -2.22. The third-order valence-corrected chi connectivity index (χ3v) is 3.81. The van der Waals surface area contributed by atoms with Gasteiger partial charge in [0.2, 0.25) is 0 Å². The number of unbranched alkanes of at least 4 members (excludes halogenated alkanes) is 8. The van der Waals surface area contributed by atoms with Gasteiger partial charge in [0.15, 0.2) is 6.61 Å². The molecule has 0 heterocycles. The molecule has 22 heavy (non-hydrogen) atoms. The van der Waals surface area contributed by atoms with Crippen molar-refractivity contribution >= 4 is 11.9 Å². The van der Waals surface area contributed by atoms with E-state index in [1.54, 1.807) is 0 Å². The van der Waals surface area contributed by atoms with E-state index in [1.807, 2.05) is 4.90 Å². The molecule has 0 aliphatic carbocycles. The summed E-state index contributed by atoms with van der Waals surface area (Å²) in [4.78, 5) is 24.9. The topological polar surface area (TPSA) is 46.6 Å². The molecule has 0 saturated heterocycles. The lowest BCUT2D eigenvalue weighted by atomic mass is 10.1. The number of esters is 1. The average Bonchev–Trinajstić information content (AvgIpc) is 2.50. The fourth-order valence-corrected chi connectivity index (χ4v) is 2.43. The number of carbonyl (C=O) groups excluding carboxylic acids is 2. The van der Waals surface area contributed by atoms with Crippen molar-refractivity contribution in [2.45, 2.75) is 85.0 Å². The molecular weight excluding hydrogens is 278 g/mol. The zero-order chi connectivity index (χ0) is 16.6. The van der Waals surface area contributed by atoms with Crippen LogP contribution in [0, 0.1) is 0 Å². The second-order valence-electron chi connectivity index (χ2n) is 5.99. The van der Waals surface area contributed by atoms with Crippen molar-refractivity contribution in [2.24, 2.45) is 0 Å². The van der Waals surface area contributed by atoms with Crippen molar-refractivity contribution in [1.82, 2.24) is 4.90 Å². The second-order valence-corrected chi connectivity index (χ2v) is 5.99. The molecule has 0 spiro atoms. The molecule has 0 aliphatic heterocycles. The molecule has 0 aromatic heterocycles. The van der Waals surface area contributed by atoms with Crippen molar-refractivity contribution in [1.29, 1.82) is 0 Å². The van der Waals surface area contributed by atoms with Crippen LogP contribution >= 0.6 is 0 Å². The number of carbonyl (C=O) groups is 2. The van der Waals surface area contributed by atoms with Gasteiger partial charge in [-0.05, 0) is 12.8 Å². The van der Waals surface area contributed by atoms with E-state index in [0.717, 1.165) is 25.9 Å². The van der Waals surface area contributed by atoms with Crippen LogP contribution in [-0.2, 0) is 14.3 Å². The Morgan fingerprint density at radius 1 is 0.773 bits per heavy atom. The molecule has 0 aromatic rings. The molecule has 0 unspecified atom stereocenters. The van der Waals surface area contributed by atoms with Crippen molar-refractivity contribution < 1.29 is 14.3 Å². The van der Waals surface area contributed by atoms with Crippen LogP contribution in [0.5, 0.6) is 0 Å². The van der Waals surface area contributed by atoms with E-state index in [4.69, 9.17) is 4.74 Å². The molecule has 130 valence electrons. The first-order valence-electron chi connectivity index (χ1n) is 9.02. The summed E-state index contributed by atoms with van der Waals surface area (Å²) in [6.45, 7) is 7.21. The van der Waals surface area contributed by atoms with Gasteiger partial charge in [-0.25, -0.2) is 0 Å². The summed E-state index contributed by atoms with van der Waals surface area (Å²) in [6.07, 6.45) is 11.9. The van der Waals surface area contributed by atoms with Crippen LogP contribution < -0.4 is 0 Å². The number of hydrogen-bond donors (Lipinski definition) is 0. The van der Waals surface area contributed by atoms with Gasteiger partial charge in [-0.15, -0.1) is 0 Å². The molecule has 0 bridgehead atoms. The molecule has 0 saturated carbocycles. The lowest BCUT2D eigenvalue weighted by Crippen LogP contribution is -2.36. The predicted octanol–water partition coefficient (Wildman–Crippen LogP) is 4.32. The molecule has 0 atom stereocenters. The van der Waals surface area contributed by atoms with Crippen molar-refractivity contribution in [3.63, 3.8) is 0 Å². The zero-order valence-electron chi connectivity index (χ0n) is 14.9. The first kappa shape index (κ1) is 20.9. The van der Waals surface area contributed by atoms with E-state index in [0.29, 0.717) is 0 Å². The van der Waals surface area contributed by atoms with Crippen molar-refractivity contribution in [3.05, 3.63) is 0 Å². The SMILES string of the molecule is CCCCCCCN(CCCCCCC)C(=O)COC(C)=O. The molecule has 1 amide bonds. The van der Waals surface area contributed by atoms with Gasteiger partial charge < -0.3 is 9.64 Å². The molecule has 0 aliphatic rings. The number of hydrogen-bond acceptors (Lipinski definition) is 3. The van der Waals surface area contributed by atoms with Gasteiger partial charge in [0, 0.05) is 20.0 Å². The standard InChI is InChI=1S/C18H35NO3/c1-4-6-8-10-12-14-19(15-13-11-9-7-5-2)18(21)16-22-17(3)20/h4-16H2,1-3H3. The highest BCUT2D eigenvalue weighted by molar-refractivity contribution is 5.80. The Hall–Kier alpha value is -1.06. The summed E-state index contributed by atoms with van der Waals surface area (Å²) in [5.41, 5.74) is 0. The van der Waals surface area contributed by atoms with Gasteiger partial charge in [-0.1, -0.05) is 65.2 Å². The molecule has 0 aromatic carbocycles. The Kier molecular flexibility index (Phi) is 14.1.